The zero-order valence-corrected chi connectivity index (χ0v) is 8.27. The van der Waals surface area contributed by atoms with Crippen LogP contribution >= 0.6 is 0 Å². The highest BCUT2D eigenvalue weighted by Crippen LogP contribution is 2.51. The minimum absolute atomic E-state index is 0.0227. The van der Waals surface area contributed by atoms with Crippen LogP contribution in [0.15, 0.2) is 0 Å². The lowest BCUT2D eigenvalue weighted by atomic mass is 9.58. The van der Waals surface area contributed by atoms with Crippen molar-refractivity contribution in [2.75, 3.05) is 18.1 Å². The van der Waals surface area contributed by atoms with E-state index in [9.17, 15) is 13.2 Å². The topological polar surface area (TPSA) is 91.7 Å². The molecule has 0 aromatic rings. The van der Waals surface area contributed by atoms with Gasteiger partial charge in [-0.3, -0.25) is 4.79 Å². The van der Waals surface area contributed by atoms with Crippen molar-refractivity contribution in [3.63, 3.8) is 0 Å². The number of carboxylic acid groups (broad SMARTS) is 1. The van der Waals surface area contributed by atoms with Crippen LogP contribution in [0.25, 0.3) is 0 Å². The molecule has 2 fully saturated rings. The summed E-state index contributed by atoms with van der Waals surface area (Å²) in [7, 11) is -3.07. The van der Waals surface area contributed by atoms with Gasteiger partial charge in [-0.25, -0.2) is 8.42 Å². The van der Waals surface area contributed by atoms with Crippen molar-refractivity contribution >= 4 is 15.8 Å². The molecule has 2 N–H and O–H groups in total. The van der Waals surface area contributed by atoms with Crippen LogP contribution in [0.4, 0.5) is 0 Å². The smallest absolute Gasteiger partial charge is 0.307 e. The largest absolute Gasteiger partial charge is 0.481 e. The van der Waals surface area contributed by atoms with Gasteiger partial charge in [0.25, 0.3) is 0 Å². The molecule has 14 heavy (non-hydrogen) atoms. The summed E-state index contributed by atoms with van der Waals surface area (Å²) in [5.74, 6) is -2.39. The molecule has 1 saturated heterocycles. The van der Waals surface area contributed by atoms with Gasteiger partial charge in [0, 0.05) is 6.61 Å². The normalized spacial score (nSPS) is 44.1. The second kappa shape index (κ2) is 2.93. The van der Waals surface area contributed by atoms with E-state index in [0.29, 0.717) is 0 Å². The van der Waals surface area contributed by atoms with Gasteiger partial charge in [-0.05, 0) is 17.8 Å². The molecular formula is C8H12O5S. The summed E-state index contributed by atoms with van der Waals surface area (Å²) in [6, 6.07) is 0. The van der Waals surface area contributed by atoms with Gasteiger partial charge in [0.2, 0.25) is 0 Å². The molecule has 0 bridgehead atoms. The maximum absolute atomic E-state index is 11.2. The first-order valence-corrected chi connectivity index (χ1v) is 6.32. The molecule has 4 atom stereocenters. The Kier molecular flexibility index (Phi) is 2.08. The lowest BCUT2D eigenvalue weighted by Crippen LogP contribution is -2.51. The minimum Gasteiger partial charge on any atom is -0.481 e. The predicted octanol–water partition coefficient (Wildman–Crippen LogP) is -1.03. The lowest BCUT2D eigenvalue weighted by molar-refractivity contribution is -0.158. The zero-order chi connectivity index (χ0) is 10.5. The second-order valence-corrected chi connectivity index (χ2v) is 6.27. The Balaban J connectivity index is 2.21. The summed E-state index contributed by atoms with van der Waals surface area (Å²) in [5.41, 5.74) is 0. The van der Waals surface area contributed by atoms with E-state index in [2.05, 4.69) is 0 Å². The summed E-state index contributed by atoms with van der Waals surface area (Å²) >= 11 is 0. The third-order valence-electron chi connectivity index (χ3n) is 3.41. The van der Waals surface area contributed by atoms with Crippen molar-refractivity contribution in [1.82, 2.24) is 0 Å². The van der Waals surface area contributed by atoms with Crippen molar-refractivity contribution in [3.05, 3.63) is 0 Å². The van der Waals surface area contributed by atoms with Crippen molar-refractivity contribution < 1.29 is 23.4 Å². The fourth-order valence-electron chi connectivity index (χ4n) is 2.77. The van der Waals surface area contributed by atoms with Crippen LogP contribution < -0.4 is 0 Å². The molecule has 0 amide bonds. The van der Waals surface area contributed by atoms with Crippen LogP contribution in [0.5, 0.6) is 0 Å². The van der Waals surface area contributed by atoms with Crippen LogP contribution in [0.3, 0.4) is 0 Å². The Morgan fingerprint density at radius 3 is 2.36 bits per heavy atom. The Morgan fingerprint density at radius 2 is 1.86 bits per heavy atom. The molecule has 1 aliphatic heterocycles. The number of aliphatic hydroxyl groups excluding tert-OH is 1. The third kappa shape index (κ3) is 1.25. The van der Waals surface area contributed by atoms with E-state index in [-0.39, 0.29) is 35.9 Å². The zero-order valence-electron chi connectivity index (χ0n) is 7.46. The van der Waals surface area contributed by atoms with Crippen LogP contribution in [-0.4, -0.2) is 42.7 Å². The number of hydrogen-bond acceptors (Lipinski definition) is 4. The van der Waals surface area contributed by atoms with Gasteiger partial charge in [0.15, 0.2) is 9.84 Å². The number of rotatable bonds is 2. The summed E-state index contributed by atoms with van der Waals surface area (Å²) in [4.78, 5) is 10.8. The number of hydrogen-bond donors (Lipinski definition) is 2. The third-order valence-corrected chi connectivity index (χ3v) is 5.20. The molecule has 6 heteroatoms. The Morgan fingerprint density at radius 1 is 1.29 bits per heavy atom. The number of carbonyl (C=O) groups is 1. The van der Waals surface area contributed by atoms with Crippen LogP contribution in [0.2, 0.25) is 0 Å². The summed E-state index contributed by atoms with van der Waals surface area (Å²) < 4.78 is 22.5. The molecule has 0 unspecified atom stereocenters. The van der Waals surface area contributed by atoms with E-state index in [4.69, 9.17) is 10.2 Å². The quantitative estimate of drug-likeness (QED) is 0.621. The first-order chi connectivity index (χ1) is 6.46. The highest BCUT2D eigenvalue weighted by Gasteiger charge is 2.59. The van der Waals surface area contributed by atoms with E-state index in [0.717, 1.165) is 0 Å². The molecular weight excluding hydrogens is 208 g/mol. The van der Waals surface area contributed by atoms with Gasteiger partial charge in [-0.2, -0.15) is 0 Å². The first-order valence-electron chi connectivity index (χ1n) is 4.50. The average molecular weight is 220 g/mol. The molecule has 0 radical (unpaired) electrons. The Hall–Kier alpha value is -0.620. The number of aliphatic carboxylic acids is 1. The van der Waals surface area contributed by atoms with E-state index in [1.54, 1.807) is 0 Å². The monoisotopic (exact) mass is 220 g/mol. The van der Waals surface area contributed by atoms with Gasteiger partial charge in [0.1, 0.15) is 0 Å². The SMILES string of the molecule is O=C(O)[C@@H]1[C@H](CO)[C@H]2CS(=O)(=O)C[C@H]21. The van der Waals surface area contributed by atoms with E-state index in [1.165, 1.54) is 0 Å². The fourth-order valence-corrected chi connectivity index (χ4v) is 5.02. The maximum atomic E-state index is 11.2. The summed E-state index contributed by atoms with van der Waals surface area (Å²) in [5, 5.41) is 17.8. The summed E-state index contributed by atoms with van der Waals surface area (Å²) in [6.45, 7) is -0.229. The van der Waals surface area contributed by atoms with E-state index in [1.807, 2.05) is 0 Å². The van der Waals surface area contributed by atoms with Crippen LogP contribution in [0, 0.1) is 23.7 Å². The molecule has 0 aromatic heterocycles. The van der Waals surface area contributed by atoms with Gasteiger partial charge < -0.3 is 10.2 Å². The minimum atomic E-state index is -3.07. The molecule has 1 aliphatic carbocycles. The summed E-state index contributed by atoms with van der Waals surface area (Å²) in [6.07, 6.45) is 0. The second-order valence-electron chi connectivity index (χ2n) is 4.12. The van der Waals surface area contributed by atoms with Crippen LogP contribution in [-0.2, 0) is 14.6 Å². The molecule has 80 valence electrons. The van der Waals surface area contributed by atoms with Gasteiger partial charge in [-0.1, -0.05) is 0 Å². The van der Waals surface area contributed by atoms with Crippen molar-refractivity contribution in [2.45, 2.75) is 0 Å². The number of carboxylic acids is 1. The lowest BCUT2D eigenvalue weighted by Gasteiger charge is -2.44. The fraction of sp³-hybridized carbons (Fsp3) is 0.875. The Labute approximate surface area is 81.7 Å². The molecule has 1 saturated carbocycles. The Bertz CT molecular complexity index is 360. The van der Waals surface area contributed by atoms with E-state index >= 15 is 0 Å². The standard InChI is InChI=1S/C8H12O5S/c9-1-4-5-2-14(12,13)3-6(5)7(4)8(10)11/h4-7,9H,1-3H2,(H,10,11)/t4-,5-,6-,7-/m1/s1. The number of aliphatic hydroxyl groups is 1. The predicted molar refractivity (Wildman–Crippen MR) is 47.3 cm³/mol. The number of sulfone groups is 1. The van der Waals surface area contributed by atoms with E-state index < -0.39 is 21.7 Å². The highest BCUT2D eigenvalue weighted by molar-refractivity contribution is 7.91. The first kappa shape index (κ1) is 9.92. The molecule has 0 spiro atoms. The maximum Gasteiger partial charge on any atom is 0.307 e. The number of fused-ring (bicyclic) bond motifs is 1. The molecule has 1 heterocycles. The highest BCUT2D eigenvalue weighted by atomic mass is 32.2. The average Bonchev–Trinajstić information content (AvgIpc) is 2.28. The van der Waals surface area contributed by atoms with Crippen molar-refractivity contribution in [3.8, 4) is 0 Å². The molecule has 5 nitrogen and oxygen atoms in total. The molecule has 2 rings (SSSR count). The van der Waals surface area contributed by atoms with Gasteiger partial charge in [-0.15, -0.1) is 0 Å². The molecule has 2 aliphatic rings. The van der Waals surface area contributed by atoms with Gasteiger partial charge >= 0.3 is 5.97 Å². The van der Waals surface area contributed by atoms with Crippen molar-refractivity contribution in [2.24, 2.45) is 23.7 Å². The van der Waals surface area contributed by atoms with Crippen LogP contribution in [0.1, 0.15) is 0 Å². The van der Waals surface area contributed by atoms with Crippen molar-refractivity contribution in [1.29, 1.82) is 0 Å². The molecule has 0 aromatic carbocycles. The van der Waals surface area contributed by atoms with Gasteiger partial charge in [0.05, 0.1) is 17.4 Å².